The van der Waals surface area contributed by atoms with Crippen molar-refractivity contribution in [1.82, 2.24) is 0 Å². The molecule has 0 fully saturated rings. The number of nitrogen functional groups attached to an aromatic ring is 1. The summed E-state index contributed by atoms with van der Waals surface area (Å²) in [6, 6.07) is 6.16. The summed E-state index contributed by atoms with van der Waals surface area (Å²) in [6.07, 6.45) is 6.66. The highest BCUT2D eigenvalue weighted by Gasteiger charge is 2.06. The quantitative estimate of drug-likeness (QED) is 0.729. The fourth-order valence-electron chi connectivity index (χ4n) is 1.67. The van der Waals surface area contributed by atoms with Gasteiger partial charge < -0.3 is 5.73 Å². The van der Waals surface area contributed by atoms with Gasteiger partial charge in [-0.1, -0.05) is 51.5 Å². The van der Waals surface area contributed by atoms with Crippen molar-refractivity contribution in [2.24, 2.45) is 0 Å². The Bertz CT molecular complexity index is 337. The van der Waals surface area contributed by atoms with Gasteiger partial charge in [-0.15, -0.1) is 0 Å². The van der Waals surface area contributed by atoms with E-state index in [1.54, 1.807) is 0 Å². The lowest BCUT2D eigenvalue weighted by atomic mass is 9.95. The molecule has 0 heterocycles. The molecule has 0 saturated carbocycles. The second-order valence-electron chi connectivity index (χ2n) is 4.20. The molecule has 0 atom stereocenters. The summed E-state index contributed by atoms with van der Waals surface area (Å²) >= 11 is 0. The first kappa shape index (κ1) is 11.8. The molecular weight excluding hydrogens is 182 g/mol. The van der Waals surface area contributed by atoms with E-state index in [2.05, 4.69) is 39.0 Å². The minimum absolute atomic E-state index is 0.523. The Morgan fingerprint density at radius 3 is 2.67 bits per heavy atom. The Hall–Kier alpha value is -1.24. The maximum Gasteiger partial charge on any atom is 0.0390 e. The van der Waals surface area contributed by atoms with Crippen LogP contribution in [0.3, 0.4) is 0 Å². The number of benzene rings is 1. The molecule has 1 heteroatoms. The largest absolute Gasteiger partial charge is 0.398 e. The van der Waals surface area contributed by atoms with Gasteiger partial charge in [-0.2, -0.15) is 0 Å². The molecule has 0 aliphatic rings. The first-order chi connectivity index (χ1) is 7.16. The molecule has 0 bridgehead atoms. The zero-order valence-corrected chi connectivity index (χ0v) is 9.96. The predicted octanol–water partition coefficient (Wildman–Crippen LogP) is 4.21. The maximum absolute atomic E-state index is 5.99. The van der Waals surface area contributed by atoms with Crippen LogP contribution >= 0.6 is 0 Å². The number of unbranched alkanes of at least 4 members (excludes halogenated alkanes) is 1. The smallest absolute Gasteiger partial charge is 0.0390 e. The van der Waals surface area contributed by atoms with Crippen LogP contribution in [0.1, 0.15) is 50.7 Å². The highest BCUT2D eigenvalue weighted by molar-refractivity contribution is 5.68. The zero-order chi connectivity index (χ0) is 11.3. The predicted molar refractivity (Wildman–Crippen MR) is 68.9 cm³/mol. The number of allylic oxidation sites excluding steroid dienone is 1. The van der Waals surface area contributed by atoms with Crippen molar-refractivity contribution in [1.29, 1.82) is 0 Å². The molecule has 2 N–H and O–H groups in total. The van der Waals surface area contributed by atoms with Crippen LogP contribution < -0.4 is 5.73 Å². The molecule has 0 unspecified atom stereocenters. The monoisotopic (exact) mass is 203 g/mol. The summed E-state index contributed by atoms with van der Waals surface area (Å²) in [5, 5.41) is 0. The summed E-state index contributed by atoms with van der Waals surface area (Å²) in [5.41, 5.74) is 9.40. The van der Waals surface area contributed by atoms with Gasteiger partial charge in [-0.25, -0.2) is 0 Å². The van der Waals surface area contributed by atoms with E-state index in [0.717, 1.165) is 12.1 Å². The number of hydrogen-bond donors (Lipinski definition) is 1. The Morgan fingerprint density at radius 1 is 1.33 bits per heavy atom. The minimum Gasteiger partial charge on any atom is -0.398 e. The molecule has 0 spiro atoms. The molecule has 0 aliphatic carbocycles. The highest BCUT2D eigenvalue weighted by Crippen LogP contribution is 2.25. The van der Waals surface area contributed by atoms with Crippen LogP contribution in [0.15, 0.2) is 24.3 Å². The Kier molecular flexibility index (Phi) is 4.41. The maximum atomic E-state index is 5.99. The van der Waals surface area contributed by atoms with Gasteiger partial charge in [0, 0.05) is 11.3 Å². The number of rotatable bonds is 4. The second kappa shape index (κ2) is 5.59. The summed E-state index contributed by atoms with van der Waals surface area (Å²) < 4.78 is 0. The molecule has 0 radical (unpaired) electrons. The van der Waals surface area contributed by atoms with Gasteiger partial charge in [0.15, 0.2) is 0 Å². The summed E-state index contributed by atoms with van der Waals surface area (Å²) in [5.74, 6) is 0.523. The van der Waals surface area contributed by atoms with E-state index in [-0.39, 0.29) is 0 Å². The lowest BCUT2D eigenvalue weighted by molar-refractivity contribution is 0.864. The van der Waals surface area contributed by atoms with Crippen molar-refractivity contribution in [2.75, 3.05) is 5.73 Å². The van der Waals surface area contributed by atoms with Gasteiger partial charge in [0.05, 0.1) is 0 Å². The van der Waals surface area contributed by atoms with Crippen molar-refractivity contribution in [3.63, 3.8) is 0 Å². The van der Waals surface area contributed by atoms with Crippen LogP contribution in [0.2, 0.25) is 0 Å². The zero-order valence-electron chi connectivity index (χ0n) is 9.96. The van der Waals surface area contributed by atoms with Crippen LogP contribution in [0.25, 0.3) is 6.08 Å². The normalized spacial score (nSPS) is 11.5. The second-order valence-corrected chi connectivity index (χ2v) is 4.20. The van der Waals surface area contributed by atoms with Crippen molar-refractivity contribution < 1.29 is 0 Å². The summed E-state index contributed by atoms with van der Waals surface area (Å²) in [7, 11) is 0. The Morgan fingerprint density at radius 2 is 2.07 bits per heavy atom. The van der Waals surface area contributed by atoms with E-state index in [9.17, 15) is 0 Å². The fourth-order valence-corrected chi connectivity index (χ4v) is 1.67. The van der Waals surface area contributed by atoms with Crippen molar-refractivity contribution in [2.45, 2.75) is 39.5 Å². The van der Waals surface area contributed by atoms with E-state index in [4.69, 9.17) is 5.73 Å². The first-order valence-corrected chi connectivity index (χ1v) is 5.71. The van der Waals surface area contributed by atoms with E-state index >= 15 is 0 Å². The van der Waals surface area contributed by atoms with Gasteiger partial charge in [0.25, 0.3) is 0 Å². The molecule has 0 aromatic heterocycles. The highest BCUT2D eigenvalue weighted by atomic mass is 14.6. The molecule has 1 rings (SSSR count). The average Bonchev–Trinajstić information content (AvgIpc) is 2.20. The van der Waals surface area contributed by atoms with Crippen LogP contribution in [0.5, 0.6) is 0 Å². The topological polar surface area (TPSA) is 26.0 Å². The fraction of sp³-hybridized carbons (Fsp3) is 0.429. The Balaban J connectivity index is 3.02. The van der Waals surface area contributed by atoms with Crippen LogP contribution in [0, 0.1) is 0 Å². The van der Waals surface area contributed by atoms with Crippen LogP contribution in [0.4, 0.5) is 5.69 Å². The molecule has 82 valence electrons. The van der Waals surface area contributed by atoms with Gasteiger partial charge in [0.2, 0.25) is 0 Å². The molecule has 1 nitrogen and oxygen atoms in total. The molecule has 0 aliphatic heterocycles. The number of hydrogen-bond acceptors (Lipinski definition) is 1. The van der Waals surface area contributed by atoms with Crippen LogP contribution in [-0.2, 0) is 0 Å². The summed E-state index contributed by atoms with van der Waals surface area (Å²) in [6.45, 7) is 6.58. The van der Waals surface area contributed by atoms with Gasteiger partial charge >= 0.3 is 0 Å². The van der Waals surface area contributed by atoms with E-state index in [1.165, 1.54) is 17.5 Å². The molecule has 1 aromatic carbocycles. The molecule has 0 amide bonds. The third-order valence-electron chi connectivity index (χ3n) is 2.54. The van der Waals surface area contributed by atoms with E-state index < -0.39 is 0 Å². The molecule has 1 aromatic rings. The third-order valence-corrected chi connectivity index (χ3v) is 2.54. The van der Waals surface area contributed by atoms with Crippen LogP contribution in [-0.4, -0.2) is 0 Å². The SMILES string of the molecule is CCC/C=C\c1c(N)cccc1C(C)C. The van der Waals surface area contributed by atoms with Gasteiger partial charge in [-0.05, 0) is 24.0 Å². The number of anilines is 1. The first-order valence-electron chi connectivity index (χ1n) is 5.71. The lowest BCUT2D eigenvalue weighted by Gasteiger charge is -2.11. The Labute approximate surface area is 93.0 Å². The molecule has 0 saturated heterocycles. The summed E-state index contributed by atoms with van der Waals surface area (Å²) in [4.78, 5) is 0. The minimum atomic E-state index is 0.523. The lowest BCUT2D eigenvalue weighted by Crippen LogP contribution is -1.97. The third kappa shape index (κ3) is 3.12. The van der Waals surface area contributed by atoms with Gasteiger partial charge in [-0.3, -0.25) is 0 Å². The van der Waals surface area contributed by atoms with Gasteiger partial charge in [0.1, 0.15) is 0 Å². The van der Waals surface area contributed by atoms with Crippen molar-refractivity contribution in [3.05, 3.63) is 35.4 Å². The van der Waals surface area contributed by atoms with Crippen molar-refractivity contribution >= 4 is 11.8 Å². The average molecular weight is 203 g/mol. The van der Waals surface area contributed by atoms with E-state index in [1.807, 2.05) is 12.1 Å². The van der Waals surface area contributed by atoms with Crippen molar-refractivity contribution in [3.8, 4) is 0 Å². The standard InChI is InChI=1S/C14H21N/c1-4-5-6-8-13-12(11(2)3)9-7-10-14(13)15/h6-11H,4-5,15H2,1-3H3/b8-6-. The molecular formula is C14H21N. The number of nitrogens with two attached hydrogens (primary N) is 1. The molecule has 15 heavy (non-hydrogen) atoms. The van der Waals surface area contributed by atoms with E-state index in [0.29, 0.717) is 5.92 Å².